The summed E-state index contributed by atoms with van der Waals surface area (Å²) >= 11 is 0. The molecule has 0 aromatic rings. The first kappa shape index (κ1) is 9.95. The lowest BCUT2D eigenvalue weighted by Crippen LogP contribution is -2.65. The molecule has 3 nitrogen and oxygen atoms in total. The first-order valence-electron chi connectivity index (χ1n) is 5.40. The van der Waals surface area contributed by atoms with E-state index in [9.17, 15) is 0 Å². The molecule has 1 heterocycles. The Labute approximate surface area is 85.4 Å². The Morgan fingerprint density at radius 1 is 1.57 bits per heavy atom. The van der Waals surface area contributed by atoms with E-state index in [0.29, 0.717) is 24.5 Å². The van der Waals surface area contributed by atoms with Crippen LogP contribution in [-0.4, -0.2) is 25.3 Å². The second-order valence-corrected chi connectivity index (χ2v) is 4.91. The Bertz CT molecular complexity index is 257. The van der Waals surface area contributed by atoms with E-state index in [1.54, 1.807) is 0 Å². The minimum Gasteiger partial charge on any atom is -0.377 e. The van der Waals surface area contributed by atoms with Gasteiger partial charge in [0.2, 0.25) is 0 Å². The molecule has 1 aliphatic heterocycles. The van der Waals surface area contributed by atoms with Gasteiger partial charge in [-0.2, -0.15) is 5.26 Å². The summed E-state index contributed by atoms with van der Waals surface area (Å²) in [6.45, 7) is 6.23. The van der Waals surface area contributed by atoms with Gasteiger partial charge in [-0.15, -0.1) is 0 Å². The maximum atomic E-state index is 8.47. The quantitative estimate of drug-likeness (QED) is 0.689. The van der Waals surface area contributed by atoms with Crippen molar-refractivity contribution in [3.8, 4) is 6.07 Å². The number of hydrogen-bond donors (Lipinski definition) is 1. The van der Waals surface area contributed by atoms with Crippen LogP contribution >= 0.6 is 0 Å². The summed E-state index contributed by atoms with van der Waals surface area (Å²) in [7, 11) is 0. The third-order valence-electron chi connectivity index (χ3n) is 3.70. The highest BCUT2D eigenvalue weighted by Crippen LogP contribution is 2.51. The molecule has 1 saturated heterocycles. The van der Waals surface area contributed by atoms with Gasteiger partial charge in [-0.1, -0.05) is 13.8 Å². The van der Waals surface area contributed by atoms with E-state index in [1.165, 1.54) is 6.42 Å². The molecule has 2 rings (SSSR count). The van der Waals surface area contributed by atoms with E-state index >= 15 is 0 Å². The van der Waals surface area contributed by atoms with E-state index in [0.717, 1.165) is 13.2 Å². The van der Waals surface area contributed by atoms with Crippen molar-refractivity contribution >= 4 is 0 Å². The summed E-state index contributed by atoms with van der Waals surface area (Å²) in [4.78, 5) is 0. The zero-order valence-corrected chi connectivity index (χ0v) is 8.92. The molecule has 2 aliphatic rings. The topological polar surface area (TPSA) is 45.0 Å². The zero-order valence-electron chi connectivity index (χ0n) is 8.92. The van der Waals surface area contributed by atoms with E-state index in [-0.39, 0.29) is 5.41 Å². The molecule has 0 radical (unpaired) electrons. The van der Waals surface area contributed by atoms with E-state index < -0.39 is 0 Å². The van der Waals surface area contributed by atoms with Crippen molar-refractivity contribution in [2.45, 2.75) is 38.8 Å². The van der Waals surface area contributed by atoms with E-state index in [2.05, 4.69) is 25.2 Å². The van der Waals surface area contributed by atoms with Gasteiger partial charge in [0.25, 0.3) is 0 Å². The number of nitriles is 1. The zero-order chi connectivity index (χ0) is 10.2. The molecular weight excluding hydrogens is 176 g/mol. The van der Waals surface area contributed by atoms with Crippen molar-refractivity contribution in [3.05, 3.63) is 0 Å². The molecule has 1 aliphatic carbocycles. The molecular formula is C11H18N2O. The molecule has 3 atom stereocenters. The predicted octanol–water partition coefficient (Wildman–Crippen LogP) is 1.30. The summed E-state index contributed by atoms with van der Waals surface area (Å²) in [6, 6.07) is 2.71. The van der Waals surface area contributed by atoms with Crippen LogP contribution in [0.15, 0.2) is 0 Å². The molecule has 0 aromatic carbocycles. The molecule has 0 amide bonds. The Kier molecular flexibility index (Phi) is 2.50. The standard InChI is InChI=1S/C11H18N2O/c1-11(2)9(13-6-3-5-12)8-4-7-14-10(8)11/h8-10,13H,3-4,6-7H2,1-2H3. The average Bonchev–Trinajstić information content (AvgIpc) is 2.58. The molecule has 3 heteroatoms. The van der Waals surface area contributed by atoms with Crippen LogP contribution in [0.5, 0.6) is 0 Å². The highest BCUT2D eigenvalue weighted by Gasteiger charge is 2.58. The molecule has 0 spiro atoms. The van der Waals surface area contributed by atoms with Crippen molar-refractivity contribution in [1.82, 2.24) is 5.32 Å². The summed E-state index contributed by atoms with van der Waals surface area (Å²) < 4.78 is 5.70. The molecule has 3 unspecified atom stereocenters. The second kappa shape index (κ2) is 3.52. The van der Waals surface area contributed by atoms with Crippen LogP contribution in [0, 0.1) is 22.7 Å². The summed E-state index contributed by atoms with van der Waals surface area (Å²) in [6.07, 6.45) is 2.23. The normalized spacial score (nSPS) is 38.5. The van der Waals surface area contributed by atoms with Gasteiger partial charge >= 0.3 is 0 Å². The number of hydrogen-bond acceptors (Lipinski definition) is 3. The first-order valence-corrected chi connectivity index (χ1v) is 5.40. The van der Waals surface area contributed by atoms with Crippen molar-refractivity contribution in [2.75, 3.05) is 13.2 Å². The smallest absolute Gasteiger partial charge is 0.0685 e. The van der Waals surface area contributed by atoms with Crippen LogP contribution in [0.3, 0.4) is 0 Å². The predicted molar refractivity (Wildman–Crippen MR) is 53.6 cm³/mol. The fourth-order valence-electron chi connectivity index (χ4n) is 3.02. The molecule has 1 saturated carbocycles. The Balaban J connectivity index is 1.89. The van der Waals surface area contributed by atoms with Gasteiger partial charge < -0.3 is 10.1 Å². The van der Waals surface area contributed by atoms with Crippen LogP contribution in [0.1, 0.15) is 26.7 Å². The van der Waals surface area contributed by atoms with Crippen molar-refractivity contribution < 1.29 is 4.74 Å². The maximum absolute atomic E-state index is 8.47. The minimum absolute atomic E-state index is 0.247. The Morgan fingerprint density at radius 3 is 3.07 bits per heavy atom. The monoisotopic (exact) mass is 194 g/mol. The van der Waals surface area contributed by atoms with Crippen molar-refractivity contribution in [3.63, 3.8) is 0 Å². The molecule has 0 bridgehead atoms. The number of fused-ring (bicyclic) bond motifs is 1. The van der Waals surface area contributed by atoms with Crippen LogP contribution in [-0.2, 0) is 4.74 Å². The van der Waals surface area contributed by atoms with Gasteiger partial charge in [0.15, 0.2) is 0 Å². The van der Waals surface area contributed by atoms with Gasteiger partial charge in [-0.05, 0) is 6.42 Å². The van der Waals surface area contributed by atoms with Crippen molar-refractivity contribution in [1.29, 1.82) is 5.26 Å². The maximum Gasteiger partial charge on any atom is 0.0685 e. The van der Waals surface area contributed by atoms with Crippen LogP contribution in [0.2, 0.25) is 0 Å². The SMILES string of the molecule is CC1(C)C(NCCC#N)C2CCOC21. The molecule has 2 fully saturated rings. The third-order valence-corrected chi connectivity index (χ3v) is 3.70. The van der Waals surface area contributed by atoms with Crippen LogP contribution < -0.4 is 5.32 Å². The summed E-state index contributed by atoms with van der Waals surface area (Å²) in [5, 5.41) is 12.0. The van der Waals surface area contributed by atoms with Gasteiger partial charge in [0.05, 0.1) is 12.2 Å². The molecule has 1 N–H and O–H groups in total. The van der Waals surface area contributed by atoms with E-state index in [1.807, 2.05) is 0 Å². The first-order chi connectivity index (χ1) is 6.68. The number of nitrogens with zero attached hydrogens (tertiary/aromatic N) is 1. The van der Waals surface area contributed by atoms with Gasteiger partial charge in [-0.3, -0.25) is 0 Å². The fraction of sp³-hybridized carbons (Fsp3) is 0.909. The lowest BCUT2D eigenvalue weighted by molar-refractivity contribution is -0.112. The molecule has 14 heavy (non-hydrogen) atoms. The Hall–Kier alpha value is -0.590. The number of nitrogens with one attached hydrogen (secondary N) is 1. The van der Waals surface area contributed by atoms with Crippen molar-refractivity contribution in [2.24, 2.45) is 11.3 Å². The minimum atomic E-state index is 0.247. The fourth-order valence-corrected chi connectivity index (χ4v) is 3.02. The van der Waals surface area contributed by atoms with Gasteiger partial charge in [0, 0.05) is 36.9 Å². The number of ether oxygens (including phenoxy) is 1. The van der Waals surface area contributed by atoms with Crippen LogP contribution in [0.4, 0.5) is 0 Å². The van der Waals surface area contributed by atoms with Gasteiger partial charge in [0.1, 0.15) is 0 Å². The largest absolute Gasteiger partial charge is 0.377 e. The third kappa shape index (κ3) is 1.34. The highest BCUT2D eigenvalue weighted by molar-refractivity contribution is 5.11. The van der Waals surface area contributed by atoms with Crippen LogP contribution in [0.25, 0.3) is 0 Å². The van der Waals surface area contributed by atoms with E-state index in [4.69, 9.17) is 10.00 Å². The molecule has 78 valence electrons. The summed E-state index contributed by atoms with van der Waals surface area (Å²) in [5.74, 6) is 0.684. The lowest BCUT2D eigenvalue weighted by atomic mass is 9.57. The summed E-state index contributed by atoms with van der Waals surface area (Å²) in [5.41, 5.74) is 0.247. The molecule has 0 aromatic heterocycles. The average molecular weight is 194 g/mol. The highest BCUT2D eigenvalue weighted by atomic mass is 16.5. The van der Waals surface area contributed by atoms with Gasteiger partial charge in [-0.25, -0.2) is 0 Å². The number of rotatable bonds is 3. The lowest BCUT2D eigenvalue weighted by Gasteiger charge is -2.54. The Morgan fingerprint density at radius 2 is 2.36 bits per heavy atom. The second-order valence-electron chi connectivity index (χ2n) is 4.91.